The van der Waals surface area contributed by atoms with Crippen LogP contribution in [0.3, 0.4) is 0 Å². The number of benzene rings is 4. The first-order valence-corrected chi connectivity index (χ1v) is 13.6. The van der Waals surface area contributed by atoms with Crippen LogP contribution < -0.4 is 5.32 Å². The number of carbonyl (C=O) groups is 3. The molecule has 0 bridgehead atoms. The van der Waals surface area contributed by atoms with E-state index in [9.17, 15) is 23.9 Å². The number of carbonyl (C=O) groups excluding carboxylic acids is 2. The average Bonchev–Trinajstić information content (AvgIpc) is 3.35. The van der Waals surface area contributed by atoms with Gasteiger partial charge in [-0.15, -0.1) is 0 Å². The summed E-state index contributed by atoms with van der Waals surface area (Å²) in [6.07, 6.45) is -0.907. The number of aliphatic carboxylic acids is 1. The van der Waals surface area contributed by atoms with E-state index < -0.39 is 36.1 Å². The molecule has 1 atom stereocenters. The smallest absolute Gasteiger partial charge is 0.408 e. The number of alkyl carbamates (subject to hydrolysis) is 1. The molecule has 9 heteroatoms. The van der Waals surface area contributed by atoms with Crippen molar-refractivity contribution in [3.63, 3.8) is 0 Å². The lowest BCUT2D eigenvalue weighted by atomic mass is 9.96. The zero-order valence-electron chi connectivity index (χ0n) is 23.8. The van der Waals surface area contributed by atoms with Gasteiger partial charge in [-0.1, -0.05) is 66.7 Å². The van der Waals surface area contributed by atoms with Gasteiger partial charge in [0.25, 0.3) is 0 Å². The summed E-state index contributed by atoms with van der Waals surface area (Å²) in [6.45, 7) is 4.26. The molecule has 0 aliphatic rings. The molecule has 0 aliphatic carbocycles. The number of ketones is 1. The monoisotopic (exact) mass is 583 g/mol. The van der Waals surface area contributed by atoms with Gasteiger partial charge in [0.15, 0.2) is 11.8 Å². The molecule has 2 N–H and O–H groups in total. The predicted molar refractivity (Wildman–Crippen MR) is 159 cm³/mol. The van der Waals surface area contributed by atoms with Gasteiger partial charge in [0.2, 0.25) is 0 Å². The molecule has 4 aromatic carbocycles. The van der Waals surface area contributed by atoms with E-state index in [1.807, 2.05) is 48.5 Å². The van der Waals surface area contributed by atoms with Crippen LogP contribution in [-0.2, 0) is 20.9 Å². The number of nitrogens with one attached hydrogen (secondary N) is 1. The zero-order chi connectivity index (χ0) is 30.7. The van der Waals surface area contributed by atoms with Gasteiger partial charge in [0.05, 0.1) is 13.2 Å². The van der Waals surface area contributed by atoms with E-state index in [2.05, 4.69) is 5.32 Å². The number of amides is 1. The van der Waals surface area contributed by atoms with E-state index in [4.69, 9.17) is 13.9 Å². The summed E-state index contributed by atoms with van der Waals surface area (Å²) in [5.41, 5.74) is 2.96. The molecule has 8 nitrogen and oxygen atoms in total. The molecule has 1 unspecified atom stereocenters. The Balaban J connectivity index is 1.29. The third-order valence-electron chi connectivity index (χ3n) is 6.69. The maximum atomic E-state index is 15.0. The van der Waals surface area contributed by atoms with Crippen LogP contribution >= 0.6 is 0 Å². The summed E-state index contributed by atoms with van der Waals surface area (Å²) in [5.74, 6) is -2.37. The summed E-state index contributed by atoms with van der Waals surface area (Å²) < 4.78 is 31.6. The minimum absolute atomic E-state index is 0.128. The molecule has 0 radical (unpaired) electrons. The molecule has 0 saturated carbocycles. The number of hydrogen-bond acceptors (Lipinski definition) is 6. The molecule has 1 aromatic heterocycles. The first-order valence-electron chi connectivity index (χ1n) is 13.6. The van der Waals surface area contributed by atoms with Gasteiger partial charge in [-0.25, -0.2) is 14.0 Å². The van der Waals surface area contributed by atoms with Crippen molar-refractivity contribution in [2.75, 3.05) is 6.61 Å². The quantitative estimate of drug-likeness (QED) is 0.178. The van der Waals surface area contributed by atoms with Crippen molar-refractivity contribution in [3.8, 4) is 11.1 Å². The topological polar surface area (TPSA) is 115 Å². The Kier molecular flexibility index (Phi) is 8.27. The maximum absolute atomic E-state index is 15.0. The van der Waals surface area contributed by atoms with Crippen molar-refractivity contribution in [2.45, 2.75) is 39.0 Å². The molecular formula is C34H30FNO7. The zero-order valence-corrected chi connectivity index (χ0v) is 23.8. The van der Waals surface area contributed by atoms with Crippen LogP contribution in [0.15, 0.2) is 89.3 Å². The number of carboxylic acid groups (broad SMARTS) is 1. The van der Waals surface area contributed by atoms with Crippen molar-refractivity contribution in [2.24, 2.45) is 0 Å². The normalized spacial score (nSPS) is 12.3. The number of rotatable bonds is 9. The average molecular weight is 584 g/mol. The minimum Gasteiger partial charge on any atom is -0.480 e. The molecule has 0 fully saturated rings. The molecule has 5 rings (SSSR count). The van der Waals surface area contributed by atoms with Crippen LogP contribution in [0.2, 0.25) is 0 Å². The summed E-state index contributed by atoms with van der Waals surface area (Å²) in [7, 11) is 0. The summed E-state index contributed by atoms with van der Waals surface area (Å²) in [5, 5.41) is 13.6. The molecule has 43 heavy (non-hydrogen) atoms. The Morgan fingerprint density at radius 1 is 0.907 bits per heavy atom. The number of hydrogen-bond donors (Lipinski definition) is 2. The largest absolute Gasteiger partial charge is 0.480 e. The molecule has 0 saturated heterocycles. The lowest BCUT2D eigenvalue weighted by molar-refractivity contribution is -0.141. The molecule has 1 amide bonds. The lowest BCUT2D eigenvalue weighted by Gasteiger charge is -2.22. The highest BCUT2D eigenvalue weighted by Gasteiger charge is 2.24. The van der Waals surface area contributed by atoms with Crippen molar-refractivity contribution >= 4 is 39.8 Å². The van der Waals surface area contributed by atoms with Gasteiger partial charge in [0, 0.05) is 33.0 Å². The highest BCUT2D eigenvalue weighted by Crippen LogP contribution is 2.36. The van der Waals surface area contributed by atoms with Crippen LogP contribution in [-0.4, -0.2) is 41.2 Å². The van der Waals surface area contributed by atoms with E-state index in [-0.39, 0.29) is 23.5 Å². The van der Waals surface area contributed by atoms with Gasteiger partial charge in [-0.3, -0.25) is 4.79 Å². The first-order chi connectivity index (χ1) is 20.5. The standard InChI is InChI=1S/C34H30FNO7/c1-34(2,3)43-33(40)36-28(32(38)39)19-41-18-23-15-14-22(17-27(23)35)30(37)21-9-6-8-20(16-21)24-11-7-12-26-25-10-4-5-13-29(25)42-31(24)26/h4-17,28H,18-19H2,1-3H3,(H,36,40)(H,38,39). The van der Waals surface area contributed by atoms with E-state index in [1.165, 1.54) is 12.1 Å². The van der Waals surface area contributed by atoms with Gasteiger partial charge in [-0.05, 0) is 44.5 Å². The molecule has 0 aliphatic heterocycles. The third-order valence-corrected chi connectivity index (χ3v) is 6.69. The highest BCUT2D eigenvalue weighted by molar-refractivity contribution is 6.11. The Labute approximate surface area is 247 Å². The molecule has 220 valence electrons. The SMILES string of the molecule is CC(C)(C)OC(=O)NC(COCc1ccc(C(=O)c2cccc(-c3cccc4c3oc3ccccc34)c2)cc1F)C(=O)O. The van der Waals surface area contributed by atoms with Crippen molar-refractivity contribution in [3.05, 3.63) is 107 Å². The van der Waals surface area contributed by atoms with E-state index in [0.717, 1.165) is 39.1 Å². The number of ether oxygens (including phenoxy) is 2. The Morgan fingerprint density at radius 3 is 2.37 bits per heavy atom. The molecule has 5 aromatic rings. The minimum atomic E-state index is -1.39. The van der Waals surface area contributed by atoms with E-state index >= 15 is 0 Å². The second-order valence-electron chi connectivity index (χ2n) is 11.0. The fourth-order valence-electron chi connectivity index (χ4n) is 4.69. The van der Waals surface area contributed by atoms with Crippen molar-refractivity contribution in [1.82, 2.24) is 5.32 Å². The number of carboxylic acids is 1. The second kappa shape index (κ2) is 12.1. The summed E-state index contributed by atoms with van der Waals surface area (Å²) >= 11 is 0. The van der Waals surface area contributed by atoms with Gasteiger partial charge >= 0.3 is 12.1 Å². The summed E-state index contributed by atoms with van der Waals surface area (Å²) in [6, 6.07) is 23.4. The van der Waals surface area contributed by atoms with Crippen molar-refractivity contribution in [1.29, 1.82) is 0 Å². The third kappa shape index (κ3) is 6.73. The Morgan fingerprint density at radius 2 is 1.63 bits per heavy atom. The first kappa shape index (κ1) is 29.5. The van der Waals surface area contributed by atoms with Crippen LogP contribution in [0.5, 0.6) is 0 Å². The van der Waals surface area contributed by atoms with E-state index in [1.54, 1.807) is 39.0 Å². The number of halogens is 1. The van der Waals surface area contributed by atoms with Gasteiger partial charge in [-0.2, -0.15) is 0 Å². The van der Waals surface area contributed by atoms with Gasteiger partial charge in [0.1, 0.15) is 22.6 Å². The highest BCUT2D eigenvalue weighted by atomic mass is 19.1. The fourth-order valence-corrected chi connectivity index (χ4v) is 4.69. The Hall–Kier alpha value is -5.02. The van der Waals surface area contributed by atoms with Crippen LogP contribution in [0.1, 0.15) is 42.3 Å². The van der Waals surface area contributed by atoms with E-state index in [0.29, 0.717) is 5.56 Å². The van der Waals surface area contributed by atoms with Crippen LogP contribution in [0.25, 0.3) is 33.1 Å². The predicted octanol–water partition coefficient (Wildman–Crippen LogP) is 7.12. The maximum Gasteiger partial charge on any atom is 0.408 e. The molecule has 1 heterocycles. The number of furan rings is 1. The van der Waals surface area contributed by atoms with Crippen molar-refractivity contribution < 1.29 is 37.8 Å². The van der Waals surface area contributed by atoms with Crippen LogP contribution in [0, 0.1) is 5.82 Å². The Bertz CT molecular complexity index is 1840. The fraction of sp³-hybridized carbons (Fsp3) is 0.206. The van der Waals surface area contributed by atoms with Gasteiger partial charge < -0.3 is 24.3 Å². The van der Waals surface area contributed by atoms with Crippen LogP contribution in [0.4, 0.5) is 9.18 Å². The number of para-hydroxylation sites is 2. The lowest BCUT2D eigenvalue weighted by Crippen LogP contribution is -2.46. The molecular weight excluding hydrogens is 553 g/mol. The summed E-state index contributed by atoms with van der Waals surface area (Å²) in [4.78, 5) is 36.8. The second-order valence-corrected chi connectivity index (χ2v) is 11.0. The number of fused-ring (bicyclic) bond motifs is 3. The molecule has 0 spiro atoms.